The van der Waals surface area contributed by atoms with Gasteiger partial charge in [-0.25, -0.2) is 0 Å². The first kappa shape index (κ1) is 15.9. The van der Waals surface area contributed by atoms with Crippen LogP contribution < -0.4 is 11.5 Å². The second-order valence-electron chi connectivity index (χ2n) is 6.33. The Balaban J connectivity index is 2.33. The standard InChI is InChI=1S/C15H23BN2O3/c1-14(2)15(3,4)21-16(20-14)11(9-17)7-10-8-12(18)5-6-13(10)19/h5-8,19H,9,17-18H2,1-4H3. The molecule has 1 aliphatic heterocycles. The van der Waals surface area contributed by atoms with E-state index in [4.69, 9.17) is 20.8 Å². The number of hydrogen-bond acceptors (Lipinski definition) is 5. The van der Waals surface area contributed by atoms with Gasteiger partial charge in [-0.1, -0.05) is 6.08 Å². The Kier molecular flexibility index (Phi) is 4.06. The highest BCUT2D eigenvalue weighted by Crippen LogP contribution is 2.39. The highest BCUT2D eigenvalue weighted by atomic mass is 16.7. The summed E-state index contributed by atoms with van der Waals surface area (Å²) in [7, 11) is -0.527. The smallest absolute Gasteiger partial charge is 0.491 e. The van der Waals surface area contributed by atoms with Gasteiger partial charge in [-0.15, -0.1) is 0 Å². The van der Waals surface area contributed by atoms with E-state index < -0.39 is 18.3 Å². The van der Waals surface area contributed by atoms with Crippen molar-refractivity contribution < 1.29 is 14.4 Å². The first-order chi connectivity index (χ1) is 9.66. The molecule has 0 aromatic heterocycles. The fourth-order valence-electron chi connectivity index (χ4n) is 2.11. The molecule has 0 aliphatic carbocycles. The highest BCUT2D eigenvalue weighted by molar-refractivity contribution is 6.55. The number of nitrogens with two attached hydrogens (primary N) is 2. The van der Waals surface area contributed by atoms with Gasteiger partial charge in [-0.2, -0.15) is 0 Å². The summed E-state index contributed by atoms with van der Waals surface area (Å²) in [6, 6.07) is 4.89. The number of benzene rings is 1. The number of anilines is 1. The van der Waals surface area contributed by atoms with Crippen molar-refractivity contribution in [3.05, 3.63) is 29.2 Å². The molecule has 21 heavy (non-hydrogen) atoms. The van der Waals surface area contributed by atoms with Gasteiger partial charge in [0, 0.05) is 17.8 Å². The molecule has 0 bridgehead atoms. The van der Waals surface area contributed by atoms with Crippen LogP contribution in [-0.4, -0.2) is 30.0 Å². The molecule has 5 N–H and O–H groups in total. The van der Waals surface area contributed by atoms with Crippen LogP contribution in [0.15, 0.2) is 23.7 Å². The van der Waals surface area contributed by atoms with E-state index in [1.54, 1.807) is 24.3 Å². The van der Waals surface area contributed by atoms with Crippen molar-refractivity contribution in [2.45, 2.75) is 38.9 Å². The van der Waals surface area contributed by atoms with Crippen LogP contribution in [0.1, 0.15) is 33.3 Å². The van der Waals surface area contributed by atoms with Crippen molar-refractivity contribution in [2.75, 3.05) is 12.3 Å². The molecule has 5 nitrogen and oxygen atoms in total. The van der Waals surface area contributed by atoms with Gasteiger partial charge < -0.3 is 25.9 Å². The van der Waals surface area contributed by atoms with Crippen LogP contribution in [0.5, 0.6) is 5.75 Å². The van der Waals surface area contributed by atoms with E-state index in [2.05, 4.69) is 0 Å². The van der Waals surface area contributed by atoms with E-state index in [0.717, 1.165) is 5.47 Å². The van der Waals surface area contributed by atoms with E-state index in [1.807, 2.05) is 27.7 Å². The van der Waals surface area contributed by atoms with Gasteiger partial charge >= 0.3 is 7.12 Å². The monoisotopic (exact) mass is 290 g/mol. The third-order valence-corrected chi connectivity index (χ3v) is 4.18. The zero-order chi connectivity index (χ0) is 15.8. The lowest BCUT2D eigenvalue weighted by molar-refractivity contribution is 0.00578. The number of rotatable bonds is 3. The number of phenolic OH excluding ortho intramolecular Hbond substituents is 1. The van der Waals surface area contributed by atoms with Gasteiger partial charge in [0.05, 0.1) is 11.2 Å². The largest absolute Gasteiger partial charge is 0.507 e. The fraction of sp³-hybridized carbons (Fsp3) is 0.467. The predicted molar refractivity (Wildman–Crippen MR) is 85.6 cm³/mol. The molecule has 1 aromatic carbocycles. The second-order valence-corrected chi connectivity index (χ2v) is 6.33. The maximum absolute atomic E-state index is 9.90. The molecule has 0 saturated carbocycles. The Hall–Kier alpha value is -1.50. The molecule has 0 atom stereocenters. The molecule has 1 aliphatic rings. The molecule has 1 aromatic rings. The van der Waals surface area contributed by atoms with Crippen LogP contribution in [-0.2, 0) is 9.31 Å². The molecule has 1 saturated heterocycles. The van der Waals surface area contributed by atoms with E-state index in [0.29, 0.717) is 11.3 Å². The minimum Gasteiger partial charge on any atom is -0.507 e. The molecule has 0 radical (unpaired) electrons. The van der Waals surface area contributed by atoms with Gasteiger partial charge in [0.2, 0.25) is 0 Å². The Morgan fingerprint density at radius 3 is 2.33 bits per heavy atom. The minimum atomic E-state index is -0.527. The Bertz CT molecular complexity index is 554. The maximum Gasteiger partial charge on any atom is 0.491 e. The Morgan fingerprint density at radius 1 is 1.24 bits per heavy atom. The first-order valence-electron chi connectivity index (χ1n) is 7.01. The lowest BCUT2D eigenvalue weighted by atomic mass is 9.77. The van der Waals surface area contributed by atoms with Crippen LogP contribution in [0.4, 0.5) is 5.69 Å². The van der Waals surface area contributed by atoms with E-state index >= 15 is 0 Å². The summed E-state index contributed by atoms with van der Waals surface area (Å²) in [4.78, 5) is 0. The molecule has 1 fully saturated rings. The summed E-state index contributed by atoms with van der Waals surface area (Å²) in [6.07, 6.45) is 1.77. The average Bonchev–Trinajstić information content (AvgIpc) is 2.59. The average molecular weight is 290 g/mol. The molecular weight excluding hydrogens is 267 g/mol. The highest BCUT2D eigenvalue weighted by Gasteiger charge is 2.52. The van der Waals surface area contributed by atoms with E-state index in [-0.39, 0.29) is 12.3 Å². The summed E-state index contributed by atoms with van der Waals surface area (Å²) < 4.78 is 12.0. The molecule has 1 heterocycles. The SMILES string of the molecule is CC1(C)OB(C(=Cc2cc(N)ccc2O)CN)OC1(C)C. The number of nitrogen functional groups attached to an aromatic ring is 1. The summed E-state index contributed by atoms with van der Waals surface area (Å²) in [5.74, 6) is 0.145. The number of hydrogen-bond donors (Lipinski definition) is 3. The topological polar surface area (TPSA) is 90.7 Å². The molecule has 6 heteroatoms. The molecule has 0 spiro atoms. The van der Waals surface area contributed by atoms with Gasteiger partial charge in [-0.05, 0) is 51.4 Å². The molecule has 0 amide bonds. The maximum atomic E-state index is 9.90. The summed E-state index contributed by atoms with van der Waals surface area (Å²) in [5.41, 5.74) is 12.7. The number of phenols is 1. The van der Waals surface area contributed by atoms with Crippen LogP contribution >= 0.6 is 0 Å². The normalized spacial score (nSPS) is 20.8. The lowest BCUT2D eigenvalue weighted by Crippen LogP contribution is -2.41. The third-order valence-electron chi connectivity index (χ3n) is 4.18. The quantitative estimate of drug-likeness (QED) is 0.449. The summed E-state index contributed by atoms with van der Waals surface area (Å²) in [5, 5.41) is 9.90. The van der Waals surface area contributed by atoms with Crippen LogP contribution in [0.25, 0.3) is 6.08 Å². The Labute approximate surface area is 126 Å². The van der Waals surface area contributed by atoms with E-state index in [9.17, 15) is 5.11 Å². The van der Waals surface area contributed by atoms with Gasteiger partial charge in [0.25, 0.3) is 0 Å². The molecular formula is C15H23BN2O3. The fourth-order valence-corrected chi connectivity index (χ4v) is 2.11. The third kappa shape index (κ3) is 3.07. The van der Waals surface area contributed by atoms with Crippen molar-refractivity contribution in [3.63, 3.8) is 0 Å². The molecule has 2 rings (SSSR count). The predicted octanol–water partition coefficient (Wildman–Crippen LogP) is 1.95. The molecule has 0 unspecified atom stereocenters. The van der Waals surface area contributed by atoms with Gasteiger partial charge in [-0.3, -0.25) is 0 Å². The van der Waals surface area contributed by atoms with Gasteiger partial charge in [0.1, 0.15) is 5.75 Å². The van der Waals surface area contributed by atoms with Crippen LogP contribution in [0.3, 0.4) is 0 Å². The van der Waals surface area contributed by atoms with Crippen LogP contribution in [0.2, 0.25) is 0 Å². The van der Waals surface area contributed by atoms with Crippen molar-refractivity contribution in [1.29, 1.82) is 0 Å². The zero-order valence-corrected chi connectivity index (χ0v) is 13.0. The van der Waals surface area contributed by atoms with Crippen molar-refractivity contribution in [3.8, 4) is 5.75 Å². The minimum absolute atomic E-state index is 0.145. The summed E-state index contributed by atoms with van der Waals surface area (Å²) >= 11 is 0. The Morgan fingerprint density at radius 2 is 1.81 bits per heavy atom. The van der Waals surface area contributed by atoms with E-state index in [1.165, 1.54) is 0 Å². The van der Waals surface area contributed by atoms with Crippen LogP contribution in [0, 0.1) is 0 Å². The van der Waals surface area contributed by atoms with Gasteiger partial charge in [0.15, 0.2) is 0 Å². The second kappa shape index (κ2) is 5.37. The summed E-state index contributed by atoms with van der Waals surface area (Å²) in [6.45, 7) is 8.21. The lowest BCUT2D eigenvalue weighted by Gasteiger charge is -2.32. The van der Waals surface area contributed by atoms with Crippen molar-refractivity contribution >= 4 is 18.9 Å². The van der Waals surface area contributed by atoms with Crippen molar-refractivity contribution in [1.82, 2.24) is 0 Å². The zero-order valence-electron chi connectivity index (χ0n) is 13.0. The molecule has 114 valence electrons. The van der Waals surface area contributed by atoms with Crippen molar-refractivity contribution in [2.24, 2.45) is 5.73 Å². The first-order valence-corrected chi connectivity index (χ1v) is 7.01. The number of aromatic hydroxyl groups is 1.